The van der Waals surface area contributed by atoms with Gasteiger partial charge in [0.1, 0.15) is 0 Å². The van der Waals surface area contributed by atoms with Gasteiger partial charge in [-0.05, 0) is 51.6 Å². The van der Waals surface area contributed by atoms with Crippen LogP contribution in [0.15, 0.2) is 5.11 Å². The zero-order valence-corrected chi connectivity index (χ0v) is 8.23. The minimum atomic E-state index is -0.185. The Kier molecular flexibility index (Phi) is 3.64. The minimum absolute atomic E-state index is 0.185. The third-order valence-corrected chi connectivity index (χ3v) is 2.60. The molecule has 0 rings (SSSR count). The summed E-state index contributed by atoms with van der Waals surface area (Å²) in [6.45, 7) is 2.01. The molecule has 0 atom stereocenters. The van der Waals surface area contributed by atoms with Gasteiger partial charge in [-0.1, -0.05) is 6.92 Å². The summed E-state index contributed by atoms with van der Waals surface area (Å²) >= 11 is 4.27. The van der Waals surface area contributed by atoms with Crippen molar-refractivity contribution in [1.29, 1.82) is 5.53 Å². The Labute approximate surface area is 70.2 Å². The molecule has 0 aromatic heterocycles. The van der Waals surface area contributed by atoms with Crippen molar-refractivity contribution in [2.45, 2.75) is 14.9 Å². The molecular formula is C3H6I2N2. The van der Waals surface area contributed by atoms with Crippen LogP contribution in [0.3, 0.4) is 0 Å². The molecule has 42 valence electrons. The van der Waals surface area contributed by atoms with Crippen LogP contribution in [-0.4, -0.2) is 1.55 Å². The predicted molar refractivity (Wildman–Crippen MR) is 46.2 cm³/mol. The number of hydrogen-bond donors (Lipinski definition) is 1. The maximum absolute atomic E-state index is 6.62. The lowest BCUT2D eigenvalue weighted by Crippen LogP contribution is -2.00. The van der Waals surface area contributed by atoms with E-state index in [0.717, 1.165) is 6.42 Å². The van der Waals surface area contributed by atoms with E-state index in [1.54, 1.807) is 0 Å². The average molecular weight is 324 g/mol. The van der Waals surface area contributed by atoms with Crippen molar-refractivity contribution in [2.24, 2.45) is 5.11 Å². The Bertz CT molecular complexity index is 71.3. The van der Waals surface area contributed by atoms with Crippen LogP contribution in [0.2, 0.25) is 0 Å². The molecule has 0 aliphatic carbocycles. The molecule has 0 fully saturated rings. The second kappa shape index (κ2) is 3.16. The minimum Gasteiger partial charge on any atom is -0.208 e. The van der Waals surface area contributed by atoms with Gasteiger partial charge < -0.3 is 0 Å². The van der Waals surface area contributed by atoms with Crippen molar-refractivity contribution < 1.29 is 0 Å². The van der Waals surface area contributed by atoms with Gasteiger partial charge in [-0.3, -0.25) is 0 Å². The van der Waals surface area contributed by atoms with Crippen LogP contribution in [-0.2, 0) is 0 Å². The van der Waals surface area contributed by atoms with Gasteiger partial charge >= 0.3 is 0 Å². The SMILES string of the molecule is CCC(I)(I)N=N. The van der Waals surface area contributed by atoms with E-state index in [1.807, 2.05) is 6.92 Å². The number of rotatable bonds is 2. The molecule has 0 bridgehead atoms. The fraction of sp³-hybridized carbons (Fsp3) is 1.00. The first kappa shape index (κ1) is 8.06. The summed E-state index contributed by atoms with van der Waals surface area (Å²) < 4.78 is -0.185. The molecule has 0 spiro atoms. The van der Waals surface area contributed by atoms with Gasteiger partial charge in [0, 0.05) is 0 Å². The normalized spacial score (nSPS) is 11.3. The van der Waals surface area contributed by atoms with Crippen molar-refractivity contribution in [1.82, 2.24) is 0 Å². The average Bonchev–Trinajstić information content (AvgIpc) is 1.68. The molecule has 0 aliphatic heterocycles. The molecular weight excluding hydrogens is 318 g/mol. The number of hydrogen-bond acceptors (Lipinski definition) is 2. The second-order valence-corrected chi connectivity index (χ2v) is 6.76. The molecule has 1 N–H and O–H groups in total. The van der Waals surface area contributed by atoms with Gasteiger partial charge in [0.15, 0.2) is 1.55 Å². The summed E-state index contributed by atoms with van der Waals surface area (Å²) in [5.41, 5.74) is 6.62. The van der Waals surface area contributed by atoms with E-state index in [1.165, 1.54) is 0 Å². The summed E-state index contributed by atoms with van der Waals surface area (Å²) in [4.78, 5) is 0. The lowest BCUT2D eigenvalue weighted by atomic mass is 10.5. The summed E-state index contributed by atoms with van der Waals surface area (Å²) in [5.74, 6) is 0. The molecule has 0 aromatic carbocycles. The molecule has 0 saturated carbocycles. The third kappa shape index (κ3) is 3.63. The molecule has 0 aliphatic rings. The third-order valence-electron chi connectivity index (χ3n) is 0.589. The highest BCUT2D eigenvalue weighted by atomic mass is 127. The number of halogens is 2. The van der Waals surface area contributed by atoms with Crippen molar-refractivity contribution in [2.75, 3.05) is 0 Å². The molecule has 2 nitrogen and oxygen atoms in total. The molecule has 0 heterocycles. The van der Waals surface area contributed by atoms with E-state index in [4.69, 9.17) is 5.53 Å². The van der Waals surface area contributed by atoms with Gasteiger partial charge in [-0.25, -0.2) is 5.53 Å². The predicted octanol–water partition coefficient (Wildman–Crippen LogP) is 2.95. The molecule has 0 aromatic rings. The monoisotopic (exact) mass is 324 g/mol. The first-order valence-corrected chi connectivity index (χ1v) is 4.04. The van der Waals surface area contributed by atoms with Crippen LogP contribution >= 0.6 is 45.2 Å². The second-order valence-electron chi connectivity index (χ2n) is 1.13. The van der Waals surface area contributed by atoms with Crippen LogP contribution < -0.4 is 0 Å². The van der Waals surface area contributed by atoms with Crippen LogP contribution in [0.1, 0.15) is 13.3 Å². The fourth-order valence-corrected chi connectivity index (χ4v) is 0.0791. The summed E-state index contributed by atoms with van der Waals surface area (Å²) in [6, 6.07) is 0. The maximum atomic E-state index is 6.62. The highest BCUT2D eigenvalue weighted by Crippen LogP contribution is 2.31. The van der Waals surface area contributed by atoms with Crippen LogP contribution in [0.4, 0.5) is 0 Å². The zero-order valence-electron chi connectivity index (χ0n) is 3.91. The lowest BCUT2D eigenvalue weighted by molar-refractivity contribution is 0.795. The highest BCUT2D eigenvalue weighted by Gasteiger charge is 2.15. The van der Waals surface area contributed by atoms with E-state index < -0.39 is 0 Å². The molecule has 0 saturated heterocycles. The quantitative estimate of drug-likeness (QED) is 0.351. The molecule has 7 heavy (non-hydrogen) atoms. The Balaban J connectivity index is 3.58. The van der Waals surface area contributed by atoms with Crippen molar-refractivity contribution in [3.63, 3.8) is 0 Å². The zero-order chi connectivity index (χ0) is 5.91. The Morgan fingerprint density at radius 3 is 2.14 bits per heavy atom. The Morgan fingerprint density at radius 1 is 1.71 bits per heavy atom. The van der Waals surface area contributed by atoms with Gasteiger partial charge in [0.25, 0.3) is 0 Å². The van der Waals surface area contributed by atoms with E-state index in [0.29, 0.717) is 0 Å². The van der Waals surface area contributed by atoms with Gasteiger partial charge in [0.2, 0.25) is 0 Å². The highest BCUT2D eigenvalue weighted by molar-refractivity contribution is 14.2. The number of nitrogens with one attached hydrogen (secondary N) is 1. The molecule has 0 radical (unpaired) electrons. The number of alkyl halides is 2. The fourth-order valence-electron chi connectivity index (χ4n) is 0.0791. The van der Waals surface area contributed by atoms with Gasteiger partial charge in [0.05, 0.1) is 0 Å². The largest absolute Gasteiger partial charge is 0.208 e. The Morgan fingerprint density at radius 2 is 2.14 bits per heavy atom. The van der Waals surface area contributed by atoms with Gasteiger partial charge in [-0.15, -0.1) is 0 Å². The Hall–Kier alpha value is 1.06. The first-order chi connectivity index (χ1) is 3.12. The lowest BCUT2D eigenvalue weighted by Gasteiger charge is -2.06. The standard InChI is InChI=1S/C3H6I2N2/c1-2-3(4,5)7-6/h6H,2H2,1H3. The van der Waals surface area contributed by atoms with E-state index in [9.17, 15) is 0 Å². The van der Waals surface area contributed by atoms with Crippen LogP contribution in [0.5, 0.6) is 0 Å². The van der Waals surface area contributed by atoms with Crippen molar-refractivity contribution in [3.8, 4) is 0 Å². The molecule has 4 heteroatoms. The van der Waals surface area contributed by atoms with E-state index in [2.05, 4.69) is 50.3 Å². The topological polar surface area (TPSA) is 36.2 Å². The van der Waals surface area contributed by atoms with Crippen molar-refractivity contribution >= 4 is 45.2 Å². The van der Waals surface area contributed by atoms with E-state index >= 15 is 0 Å². The van der Waals surface area contributed by atoms with Gasteiger partial charge in [-0.2, -0.15) is 5.11 Å². The number of nitrogens with zero attached hydrogens (tertiary/aromatic N) is 1. The first-order valence-electron chi connectivity index (χ1n) is 1.89. The van der Waals surface area contributed by atoms with Crippen molar-refractivity contribution in [3.05, 3.63) is 0 Å². The molecule has 0 amide bonds. The summed E-state index contributed by atoms with van der Waals surface area (Å²) in [7, 11) is 0. The molecule has 0 unspecified atom stereocenters. The maximum Gasteiger partial charge on any atom is 0.181 e. The van der Waals surface area contributed by atoms with E-state index in [-0.39, 0.29) is 1.55 Å². The van der Waals surface area contributed by atoms with Crippen LogP contribution in [0, 0.1) is 5.53 Å². The van der Waals surface area contributed by atoms with Crippen LogP contribution in [0.25, 0.3) is 0 Å². The summed E-state index contributed by atoms with van der Waals surface area (Å²) in [6.07, 6.45) is 0.914. The summed E-state index contributed by atoms with van der Waals surface area (Å²) in [5, 5.41) is 3.36. The smallest absolute Gasteiger partial charge is 0.181 e.